The van der Waals surface area contributed by atoms with Gasteiger partial charge < -0.3 is 24.9 Å². The van der Waals surface area contributed by atoms with Crippen LogP contribution in [0.25, 0.3) is 11.0 Å². The van der Waals surface area contributed by atoms with Gasteiger partial charge in [-0.2, -0.15) is 0 Å². The number of aryl methyl sites for hydroxylation is 1. The molecule has 8 heteroatoms. The SMILES string of the molecule is Cc1c(COc2cccc3c2CN(C(CCC(=O)O)C(N)=O)C3=O)oc2ccccc12. The van der Waals surface area contributed by atoms with Crippen LogP contribution in [0.5, 0.6) is 5.75 Å². The van der Waals surface area contributed by atoms with Crippen molar-refractivity contribution in [2.24, 2.45) is 5.73 Å². The van der Waals surface area contributed by atoms with Gasteiger partial charge >= 0.3 is 5.97 Å². The van der Waals surface area contributed by atoms with Crippen molar-refractivity contribution in [2.75, 3.05) is 0 Å². The van der Waals surface area contributed by atoms with Crippen molar-refractivity contribution in [3.8, 4) is 5.75 Å². The molecular weight excluding hydrogens is 400 g/mol. The molecule has 0 saturated carbocycles. The summed E-state index contributed by atoms with van der Waals surface area (Å²) >= 11 is 0. The van der Waals surface area contributed by atoms with Gasteiger partial charge in [-0.1, -0.05) is 24.3 Å². The third-order valence-electron chi connectivity index (χ3n) is 5.59. The summed E-state index contributed by atoms with van der Waals surface area (Å²) in [6, 6.07) is 11.8. The quantitative estimate of drug-likeness (QED) is 0.575. The minimum absolute atomic E-state index is 0.0429. The van der Waals surface area contributed by atoms with Crippen LogP contribution in [0.4, 0.5) is 0 Å². The number of ether oxygens (including phenoxy) is 1. The number of hydrogen-bond acceptors (Lipinski definition) is 5. The van der Waals surface area contributed by atoms with Crippen LogP contribution in [0.2, 0.25) is 0 Å². The van der Waals surface area contributed by atoms with E-state index < -0.39 is 17.9 Å². The van der Waals surface area contributed by atoms with Crippen molar-refractivity contribution in [2.45, 2.75) is 39.0 Å². The van der Waals surface area contributed by atoms with Crippen LogP contribution in [-0.4, -0.2) is 33.8 Å². The number of carboxylic acid groups (broad SMARTS) is 1. The number of aliphatic carboxylic acids is 1. The molecule has 2 heterocycles. The third-order valence-corrected chi connectivity index (χ3v) is 5.59. The molecule has 0 radical (unpaired) electrons. The Hall–Kier alpha value is -3.81. The number of nitrogens with zero attached hydrogens (tertiary/aromatic N) is 1. The maximum Gasteiger partial charge on any atom is 0.303 e. The van der Waals surface area contributed by atoms with E-state index in [0.29, 0.717) is 22.6 Å². The van der Waals surface area contributed by atoms with Crippen molar-refractivity contribution < 1.29 is 28.6 Å². The van der Waals surface area contributed by atoms with Gasteiger partial charge in [0.1, 0.15) is 29.7 Å². The summed E-state index contributed by atoms with van der Waals surface area (Å²) in [6.07, 6.45) is -0.304. The highest BCUT2D eigenvalue weighted by Crippen LogP contribution is 2.34. The van der Waals surface area contributed by atoms with Crippen LogP contribution in [-0.2, 0) is 22.7 Å². The number of furan rings is 1. The predicted molar refractivity (Wildman–Crippen MR) is 111 cm³/mol. The zero-order valence-corrected chi connectivity index (χ0v) is 17.0. The van der Waals surface area contributed by atoms with Gasteiger partial charge in [-0.05, 0) is 31.5 Å². The first-order valence-corrected chi connectivity index (χ1v) is 9.90. The lowest BCUT2D eigenvalue weighted by atomic mass is 10.1. The molecule has 31 heavy (non-hydrogen) atoms. The summed E-state index contributed by atoms with van der Waals surface area (Å²) < 4.78 is 11.9. The molecule has 2 aromatic carbocycles. The monoisotopic (exact) mass is 422 g/mol. The van der Waals surface area contributed by atoms with E-state index in [1.165, 1.54) is 4.90 Å². The van der Waals surface area contributed by atoms with Crippen LogP contribution >= 0.6 is 0 Å². The fourth-order valence-electron chi connectivity index (χ4n) is 3.93. The summed E-state index contributed by atoms with van der Waals surface area (Å²) in [6.45, 7) is 2.27. The molecule has 1 atom stereocenters. The highest BCUT2D eigenvalue weighted by Gasteiger charge is 2.37. The summed E-state index contributed by atoms with van der Waals surface area (Å²) in [5.41, 5.74) is 8.28. The van der Waals surface area contributed by atoms with E-state index in [9.17, 15) is 14.4 Å². The average molecular weight is 422 g/mol. The van der Waals surface area contributed by atoms with Gasteiger partial charge in [0, 0.05) is 28.5 Å². The van der Waals surface area contributed by atoms with Gasteiger partial charge in [0.2, 0.25) is 5.91 Å². The minimum atomic E-state index is -1.05. The van der Waals surface area contributed by atoms with Gasteiger partial charge in [0.25, 0.3) is 5.91 Å². The molecule has 4 rings (SSSR count). The van der Waals surface area contributed by atoms with Crippen LogP contribution < -0.4 is 10.5 Å². The standard InChI is InChI=1S/C23H22N2O6/c1-13-14-5-2-3-7-19(14)31-20(13)12-30-18-8-4-6-15-16(18)11-25(23(15)29)17(22(24)28)9-10-21(26)27/h2-8,17H,9-12H2,1H3,(H2,24,28)(H,26,27). The lowest BCUT2D eigenvalue weighted by molar-refractivity contribution is -0.137. The van der Waals surface area contributed by atoms with Gasteiger partial charge in [-0.15, -0.1) is 0 Å². The summed E-state index contributed by atoms with van der Waals surface area (Å²) in [5.74, 6) is -0.955. The molecular formula is C23H22N2O6. The summed E-state index contributed by atoms with van der Waals surface area (Å²) in [7, 11) is 0. The highest BCUT2D eigenvalue weighted by atomic mass is 16.5. The van der Waals surface area contributed by atoms with Crippen molar-refractivity contribution in [3.63, 3.8) is 0 Å². The Bertz CT molecular complexity index is 1180. The molecule has 160 valence electrons. The van der Waals surface area contributed by atoms with E-state index >= 15 is 0 Å². The van der Waals surface area contributed by atoms with E-state index in [0.717, 1.165) is 16.5 Å². The second kappa shape index (κ2) is 8.14. The molecule has 1 unspecified atom stereocenters. The van der Waals surface area contributed by atoms with E-state index in [1.807, 2.05) is 31.2 Å². The number of rotatable bonds is 8. The maximum absolute atomic E-state index is 12.9. The lowest BCUT2D eigenvalue weighted by Crippen LogP contribution is -2.45. The number of benzene rings is 2. The van der Waals surface area contributed by atoms with Gasteiger partial charge in [0.05, 0.1) is 6.54 Å². The van der Waals surface area contributed by atoms with Gasteiger partial charge in [-0.25, -0.2) is 0 Å². The molecule has 1 aliphatic heterocycles. The molecule has 1 aromatic heterocycles. The molecule has 3 aromatic rings. The van der Waals surface area contributed by atoms with E-state index in [1.54, 1.807) is 18.2 Å². The molecule has 0 fully saturated rings. The number of para-hydroxylation sites is 1. The van der Waals surface area contributed by atoms with Crippen molar-refractivity contribution >= 4 is 28.8 Å². The van der Waals surface area contributed by atoms with Gasteiger partial charge in [-0.3, -0.25) is 14.4 Å². The molecule has 8 nitrogen and oxygen atoms in total. The zero-order valence-electron chi connectivity index (χ0n) is 17.0. The first-order valence-electron chi connectivity index (χ1n) is 9.90. The first kappa shape index (κ1) is 20.5. The van der Waals surface area contributed by atoms with E-state index in [4.69, 9.17) is 20.0 Å². The van der Waals surface area contributed by atoms with Crippen LogP contribution in [0.3, 0.4) is 0 Å². The molecule has 2 amide bonds. The third kappa shape index (κ3) is 3.84. The minimum Gasteiger partial charge on any atom is -0.485 e. The van der Waals surface area contributed by atoms with Crippen molar-refractivity contribution in [3.05, 3.63) is 64.9 Å². The van der Waals surface area contributed by atoms with Crippen molar-refractivity contribution in [1.82, 2.24) is 4.90 Å². The Morgan fingerprint density at radius 2 is 2.00 bits per heavy atom. The second-order valence-corrected chi connectivity index (χ2v) is 7.50. The van der Waals surface area contributed by atoms with Crippen LogP contribution in [0, 0.1) is 6.92 Å². The molecule has 0 spiro atoms. The Balaban J connectivity index is 1.56. The smallest absolute Gasteiger partial charge is 0.303 e. The molecule has 0 saturated heterocycles. The number of hydrogen-bond donors (Lipinski definition) is 2. The number of carbonyl (C=O) groups is 3. The molecule has 3 N–H and O–H groups in total. The number of carboxylic acids is 1. The Kier molecular flexibility index (Phi) is 5.37. The second-order valence-electron chi connectivity index (χ2n) is 7.50. The fourth-order valence-corrected chi connectivity index (χ4v) is 3.93. The van der Waals surface area contributed by atoms with Crippen LogP contribution in [0.1, 0.15) is 40.1 Å². The van der Waals surface area contributed by atoms with Gasteiger partial charge in [0.15, 0.2) is 0 Å². The van der Waals surface area contributed by atoms with Crippen LogP contribution in [0.15, 0.2) is 46.9 Å². The normalized spacial score (nSPS) is 14.0. The Morgan fingerprint density at radius 3 is 2.71 bits per heavy atom. The molecule has 0 aliphatic carbocycles. The number of nitrogens with two attached hydrogens (primary N) is 1. The average Bonchev–Trinajstić information content (AvgIpc) is 3.24. The first-order chi connectivity index (χ1) is 14.9. The summed E-state index contributed by atoms with van der Waals surface area (Å²) in [5, 5.41) is 9.96. The predicted octanol–water partition coefficient (Wildman–Crippen LogP) is 2.99. The maximum atomic E-state index is 12.9. The largest absolute Gasteiger partial charge is 0.485 e. The Labute approximate surface area is 178 Å². The number of primary amides is 1. The lowest BCUT2D eigenvalue weighted by Gasteiger charge is -2.24. The number of carbonyl (C=O) groups excluding carboxylic acids is 2. The van der Waals surface area contributed by atoms with Crippen molar-refractivity contribution in [1.29, 1.82) is 0 Å². The highest BCUT2D eigenvalue weighted by molar-refractivity contribution is 6.01. The molecule has 1 aliphatic rings. The number of amides is 2. The zero-order chi connectivity index (χ0) is 22.1. The van der Waals surface area contributed by atoms with E-state index in [-0.39, 0.29) is 31.9 Å². The fraction of sp³-hybridized carbons (Fsp3) is 0.261. The topological polar surface area (TPSA) is 123 Å². The number of fused-ring (bicyclic) bond motifs is 2. The summed E-state index contributed by atoms with van der Waals surface area (Å²) in [4.78, 5) is 37.0. The van der Waals surface area contributed by atoms with E-state index in [2.05, 4.69) is 0 Å². The molecule has 0 bridgehead atoms. The Morgan fingerprint density at radius 1 is 1.23 bits per heavy atom.